The predicted molar refractivity (Wildman–Crippen MR) is 120 cm³/mol. The minimum atomic E-state index is -1.73. The van der Waals surface area contributed by atoms with E-state index in [1.807, 2.05) is 0 Å². The number of aromatic hydroxyl groups is 1. The average Bonchev–Trinajstić information content (AvgIpc) is 3.13. The van der Waals surface area contributed by atoms with E-state index in [0.717, 1.165) is 18.2 Å². The molecule has 3 aromatic rings. The van der Waals surface area contributed by atoms with Crippen molar-refractivity contribution >= 4 is 11.7 Å². The third-order valence-electron chi connectivity index (χ3n) is 6.19. The molecule has 2 unspecified atom stereocenters. The lowest BCUT2D eigenvalue weighted by atomic mass is 9.71. The Morgan fingerprint density at radius 3 is 2.38 bits per heavy atom. The first kappa shape index (κ1) is 23.6. The molecule has 1 aliphatic heterocycles. The number of nitrogens with one attached hydrogen (secondary N) is 1. The van der Waals surface area contributed by atoms with Crippen molar-refractivity contribution in [2.45, 2.75) is 37.9 Å². The van der Waals surface area contributed by atoms with Gasteiger partial charge in [0.25, 0.3) is 0 Å². The van der Waals surface area contributed by atoms with Gasteiger partial charge in [-0.05, 0) is 67.4 Å². The van der Waals surface area contributed by atoms with E-state index in [9.17, 15) is 28.2 Å². The standard InChI is InChI=1S/C26H24F3NO4/c1-25(22-11-17(27)3-6-23(22)31,13-26(2,33)16-8-18(28)10-19(29)9-16)14-30-20-4-5-21-15(7-20)12-34-24(21)32/h3-11,30-31,33H,12-14H2,1-2H3. The maximum atomic E-state index is 14.2. The van der Waals surface area contributed by atoms with Crippen LogP contribution in [0.15, 0.2) is 54.6 Å². The number of ether oxygens (including phenoxy) is 1. The van der Waals surface area contributed by atoms with Crippen LogP contribution in [0.2, 0.25) is 0 Å². The molecule has 3 N–H and O–H groups in total. The summed E-state index contributed by atoms with van der Waals surface area (Å²) in [5.74, 6) is -2.82. The van der Waals surface area contributed by atoms with Crippen LogP contribution in [-0.4, -0.2) is 22.7 Å². The molecule has 178 valence electrons. The van der Waals surface area contributed by atoms with Crippen molar-refractivity contribution in [3.63, 3.8) is 0 Å². The molecule has 5 nitrogen and oxygen atoms in total. The molecule has 1 aliphatic rings. The molecule has 0 spiro atoms. The Hall–Kier alpha value is -3.52. The van der Waals surface area contributed by atoms with Gasteiger partial charge < -0.3 is 20.3 Å². The molecule has 2 atom stereocenters. The van der Waals surface area contributed by atoms with Gasteiger partial charge in [-0.2, -0.15) is 0 Å². The minimum Gasteiger partial charge on any atom is -0.508 e. The molecule has 0 aromatic heterocycles. The number of aliphatic hydroxyl groups is 1. The number of rotatable bonds is 7. The number of anilines is 1. The molecule has 8 heteroatoms. The fourth-order valence-corrected chi connectivity index (χ4v) is 4.51. The Balaban J connectivity index is 1.69. The Labute approximate surface area is 194 Å². The number of phenols is 1. The molecule has 0 aliphatic carbocycles. The van der Waals surface area contributed by atoms with Crippen LogP contribution in [-0.2, 0) is 22.4 Å². The predicted octanol–water partition coefficient (Wildman–Crippen LogP) is 5.15. The van der Waals surface area contributed by atoms with Crippen molar-refractivity contribution in [1.29, 1.82) is 0 Å². The van der Waals surface area contributed by atoms with Crippen molar-refractivity contribution < 1.29 is 32.9 Å². The highest BCUT2D eigenvalue weighted by molar-refractivity contribution is 5.93. The van der Waals surface area contributed by atoms with Crippen molar-refractivity contribution in [1.82, 2.24) is 0 Å². The Morgan fingerprint density at radius 2 is 1.68 bits per heavy atom. The smallest absolute Gasteiger partial charge is 0.338 e. The normalized spacial score (nSPS) is 16.4. The number of benzene rings is 3. The molecule has 3 aromatic carbocycles. The third-order valence-corrected chi connectivity index (χ3v) is 6.19. The topological polar surface area (TPSA) is 78.8 Å². The van der Waals surface area contributed by atoms with Crippen LogP contribution in [0.3, 0.4) is 0 Å². The van der Waals surface area contributed by atoms with Gasteiger partial charge in [-0.15, -0.1) is 0 Å². The molecule has 0 bridgehead atoms. The summed E-state index contributed by atoms with van der Waals surface area (Å²) in [5.41, 5.74) is -0.743. The number of fused-ring (bicyclic) bond motifs is 1. The summed E-state index contributed by atoms with van der Waals surface area (Å²) in [7, 11) is 0. The molecule has 1 heterocycles. The number of halogens is 3. The molecule has 0 radical (unpaired) electrons. The summed E-state index contributed by atoms with van der Waals surface area (Å²) < 4.78 is 46.9. The van der Waals surface area contributed by atoms with Gasteiger partial charge in [-0.1, -0.05) is 6.92 Å². The first-order valence-electron chi connectivity index (χ1n) is 10.7. The molecule has 0 saturated heterocycles. The van der Waals surface area contributed by atoms with E-state index in [1.165, 1.54) is 19.1 Å². The van der Waals surface area contributed by atoms with Crippen LogP contribution in [0.25, 0.3) is 0 Å². The highest BCUT2D eigenvalue weighted by Gasteiger charge is 2.39. The second kappa shape index (κ2) is 8.68. The molecule has 0 saturated carbocycles. The molecule has 34 heavy (non-hydrogen) atoms. The highest BCUT2D eigenvalue weighted by atomic mass is 19.1. The monoisotopic (exact) mass is 471 g/mol. The van der Waals surface area contributed by atoms with Crippen LogP contribution in [0, 0.1) is 17.5 Å². The Kier molecular flexibility index (Phi) is 6.03. The van der Waals surface area contributed by atoms with E-state index < -0.39 is 34.4 Å². The van der Waals surface area contributed by atoms with E-state index in [4.69, 9.17) is 4.74 Å². The maximum absolute atomic E-state index is 14.2. The number of carbonyl (C=O) groups is 1. The van der Waals surface area contributed by atoms with Crippen molar-refractivity contribution in [3.05, 3.63) is 94.3 Å². The minimum absolute atomic E-state index is 0.0142. The van der Waals surface area contributed by atoms with Crippen LogP contribution in [0.1, 0.15) is 47.3 Å². The number of cyclic esters (lactones) is 1. The SMILES string of the molecule is CC(O)(CC(C)(CNc1ccc2c(c1)COC2=O)c1cc(F)ccc1O)c1cc(F)cc(F)c1. The average molecular weight is 471 g/mol. The van der Waals surface area contributed by atoms with Crippen LogP contribution < -0.4 is 5.32 Å². The third kappa shape index (κ3) is 4.72. The van der Waals surface area contributed by atoms with Crippen LogP contribution >= 0.6 is 0 Å². The summed E-state index contributed by atoms with van der Waals surface area (Å²) in [6.45, 7) is 3.39. The second-order valence-corrected chi connectivity index (χ2v) is 9.13. The van der Waals surface area contributed by atoms with Gasteiger partial charge in [0.2, 0.25) is 0 Å². The van der Waals surface area contributed by atoms with Crippen molar-refractivity contribution in [3.8, 4) is 5.75 Å². The fourth-order valence-electron chi connectivity index (χ4n) is 4.51. The van der Waals surface area contributed by atoms with E-state index in [-0.39, 0.29) is 36.4 Å². The summed E-state index contributed by atoms with van der Waals surface area (Å²) >= 11 is 0. The zero-order valence-electron chi connectivity index (χ0n) is 18.7. The highest BCUT2D eigenvalue weighted by Crippen LogP contribution is 2.42. The van der Waals surface area contributed by atoms with E-state index in [1.54, 1.807) is 25.1 Å². The lowest BCUT2D eigenvalue weighted by molar-refractivity contribution is 0.0255. The van der Waals surface area contributed by atoms with E-state index in [2.05, 4.69) is 5.32 Å². The van der Waals surface area contributed by atoms with Crippen molar-refractivity contribution in [2.75, 3.05) is 11.9 Å². The van der Waals surface area contributed by atoms with Gasteiger partial charge in [0.15, 0.2) is 0 Å². The lowest BCUT2D eigenvalue weighted by Crippen LogP contribution is -2.39. The first-order valence-corrected chi connectivity index (χ1v) is 10.7. The summed E-state index contributed by atoms with van der Waals surface area (Å²) in [5, 5.41) is 25.0. The Bertz CT molecular complexity index is 1240. The van der Waals surface area contributed by atoms with Gasteiger partial charge >= 0.3 is 5.97 Å². The molecule has 0 fully saturated rings. The van der Waals surface area contributed by atoms with Gasteiger partial charge in [0.05, 0.1) is 11.2 Å². The van der Waals surface area contributed by atoms with Gasteiger partial charge in [0, 0.05) is 34.8 Å². The number of phenolic OH excluding ortho intramolecular Hbond substituents is 1. The Morgan fingerprint density at radius 1 is 0.971 bits per heavy atom. The van der Waals surface area contributed by atoms with Gasteiger partial charge in [0.1, 0.15) is 29.8 Å². The number of esters is 1. The summed E-state index contributed by atoms with van der Waals surface area (Å²) in [4.78, 5) is 11.7. The molecule has 4 rings (SSSR count). The van der Waals surface area contributed by atoms with Crippen molar-refractivity contribution in [2.24, 2.45) is 0 Å². The quantitative estimate of drug-likeness (QED) is 0.416. The molecular weight excluding hydrogens is 447 g/mol. The lowest BCUT2D eigenvalue weighted by Gasteiger charge is -2.38. The zero-order valence-corrected chi connectivity index (χ0v) is 18.7. The van der Waals surface area contributed by atoms with Crippen LogP contribution in [0.4, 0.5) is 18.9 Å². The zero-order chi connectivity index (χ0) is 24.7. The first-order chi connectivity index (χ1) is 16.0. The summed E-state index contributed by atoms with van der Waals surface area (Å²) in [6.07, 6.45) is -0.112. The van der Waals surface area contributed by atoms with Crippen LogP contribution in [0.5, 0.6) is 5.75 Å². The number of hydrogen-bond acceptors (Lipinski definition) is 5. The fraction of sp³-hybridized carbons (Fsp3) is 0.269. The van der Waals surface area contributed by atoms with Gasteiger partial charge in [-0.25, -0.2) is 18.0 Å². The largest absolute Gasteiger partial charge is 0.508 e. The maximum Gasteiger partial charge on any atom is 0.338 e. The molecular formula is C26H24F3NO4. The van der Waals surface area contributed by atoms with E-state index >= 15 is 0 Å². The van der Waals surface area contributed by atoms with Gasteiger partial charge in [-0.3, -0.25) is 0 Å². The summed E-state index contributed by atoms with van der Waals surface area (Å²) in [6, 6.07) is 11.4. The van der Waals surface area contributed by atoms with E-state index in [0.29, 0.717) is 22.9 Å². The second-order valence-electron chi connectivity index (χ2n) is 9.13. The number of carbonyl (C=O) groups excluding carboxylic acids is 1. The molecule has 0 amide bonds. The number of hydrogen-bond donors (Lipinski definition) is 3.